The number of hydrogen-bond acceptors (Lipinski definition) is 5. The Bertz CT molecular complexity index is 853. The molecule has 0 bridgehead atoms. The fraction of sp³-hybridized carbons (Fsp3) is 0.600. The molecule has 2 amide bonds. The van der Waals surface area contributed by atoms with Gasteiger partial charge in [-0.3, -0.25) is 4.79 Å². The lowest BCUT2D eigenvalue weighted by Crippen LogP contribution is -2.47. The molecule has 1 fully saturated rings. The first-order valence-electron chi connectivity index (χ1n) is 9.82. The van der Waals surface area contributed by atoms with Crippen molar-refractivity contribution in [2.24, 2.45) is 0 Å². The van der Waals surface area contributed by atoms with Crippen molar-refractivity contribution in [3.8, 4) is 0 Å². The molecule has 1 aromatic rings. The van der Waals surface area contributed by atoms with E-state index in [1.807, 2.05) is 20.8 Å². The summed E-state index contributed by atoms with van der Waals surface area (Å²) in [5.41, 5.74) is 0.486. The summed E-state index contributed by atoms with van der Waals surface area (Å²) in [6.07, 6.45) is 0.873. The average Bonchev–Trinajstić information content (AvgIpc) is 2.61. The maximum absolute atomic E-state index is 12.7. The number of amides is 2. The summed E-state index contributed by atoms with van der Waals surface area (Å²) >= 11 is 0. The number of rotatable bonds is 5. The molecule has 1 saturated heterocycles. The summed E-state index contributed by atoms with van der Waals surface area (Å²) in [5.74, 6) is -0.313. The van der Waals surface area contributed by atoms with Crippen LogP contribution >= 0.6 is 0 Å². The van der Waals surface area contributed by atoms with Gasteiger partial charge in [-0.1, -0.05) is 13.0 Å². The zero-order chi connectivity index (χ0) is 21.8. The number of ether oxygens (including phenoxy) is 1. The lowest BCUT2D eigenvalue weighted by Gasteiger charge is -2.33. The number of hydrogen-bond donors (Lipinski definition) is 2. The van der Waals surface area contributed by atoms with Crippen LogP contribution in [0.3, 0.4) is 0 Å². The lowest BCUT2D eigenvalue weighted by atomic mass is 10.0. The van der Waals surface area contributed by atoms with Gasteiger partial charge in [-0.15, -0.1) is 0 Å². The fourth-order valence-electron chi connectivity index (χ4n) is 3.08. The average molecular weight is 426 g/mol. The van der Waals surface area contributed by atoms with E-state index in [0.29, 0.717) is 37.1 Å². The molecule has 0 spiro atoms. The van der Waals surface area contributed by atoms with Gasteiger partial charge in [0.2, 0.25) is 10.0 Å². The summed E-state index contributed by atoms with van der Waals surface area (Å²) in [6, 6.07) is 4.43. The second kappa shape index (κ2) is 9.13. The Hall–Kier alpha value is -2.13. The van der Waals surface area contributed by atoms with Crippen molar-refractivity contribution in [1.29, 1.82) is 0 Å². The van der Waals surface area contributed by atoms with E-state index in [1.165, 1.54) is 12.1 Å². The van der Waals surface area contributed by atoms with Crippen LogP contribution in [-0.4, -0.2) is 56.6 Å². The van der Waals surface area contributed by atoms with Gasteiger partial charge < -0.3 is 15.0 Å². The van der Waals surface area contributed by atoms with E-state index in [1.54, 1.807) is 24.8 Å². The molecule has 0 saturated carbocycles. The Kier molecular flexibility index (Phi) is 7.29. The second-order valence-electron chi connectivity index (χ2n) is 8.19. The molecule has 1 aliphatic rings. The number of nitrogens with one attached hydrogen (secondary N) is 2. The van der Waals surface area contributed by atoms with Gasteiger partial charge in [0.15, 0.2) is 0 Å². The first-order chi connectivity index (χ1) is 13.4. The number of aryl methyl sites for hydroxylation is 1. The van der Waals surface area contributed by atoms with Crippen molar-refractivity contribution in [3.63, 3.8) is 0 Å². The van der Waals surface area contributed by atoms with Crippen LogP contribution in [0.2, 0.25) is 0 Å². The van der Waals surface area contributed by atoms with Crippen LogP contribution in [0, 0.1) is 6.92 Å². The van der Waals surface area contributed by atoms with Crippen LogP contribution in [0.25, 0.3) is 0 Å². The highest BCUT2D eigenvalue weighted by Crippen LogP contribution is 2.18. The van der Waals surface area contributed by atoms with E-state index in [4.69, 9.17) is 4.74 Å². The van der Waals surface area contributed by atoms with Crippen LogP contribution in [0.4, 0.5) is 4.79 Å². The Morgan fingerprint density at radius 1 is 1.21 bits per heavy atom. The van der Waals surface area contributed by atoms with Gasteiger partial charge in [-0.2, -0.15) is 0 Å². The van der Waals surface area contributed by atoms with Crippen LogP contribution in [0.5, 0.6) is 0 Å². The molecule has 1 aliphatic heterocycles. The smallest absolute Gasteiger partial charge is 0.410 e. The molecule has 0 unspecified atom stereocenters. The highest BCUT2D eigenvalue weighted by atomic mass is 32.2. The SMILES string of the molecule is CCNS(=O)(=O)c1ccc(C)c(C(=O)NC2CCN(C(=O)OC(C)(C)C)CC2)c1. The minimum Gasteiger partial charge on any atom is -0.444 e. The summed E-state index contributed by atoms with van der Waals surface area (Å²) in [6.45, 7) is 10.2. The predicted molar refractivity (Wildman–Crippen MR) is 110 cm³/mol. The zero-order valence-corrected chi connectivity index (χ0v) is 18.6. The molecule has 162 valence electrons. The predicted octanol–water partition coefficient (Wildman–Crippen LogP) is 2.42. The molecule has 29 heavy (non-hydrogen) atoms. The Labute approximate surface area is 173 Å². The Morgan fingerprint density at radius 2 is 1.83 bits per heavy atom. The number of carbonyl (C=O) groups is 2. The molecule has 1 heterocycles. The van der Waals surface area contributed by atoms with E-state index in [9.17, 15) is 18.0 Å². The maximum Gasteiger partial charge on any atom is 0.410 e. The second-order valence-corrected chi connectivity index (χ2v) is 9.96. The van der Waals surface area contributed by atoms with Gasteiger partial charge >= 0.3 is 6.09 Å². The van der Waals surface area contributed by atoms with E-state index < -0.39 is 15.6 Å². The number of piperidine rings is 1. The van der Waals surface area contributed by atoms with Crippen LogP contribution < -0.4 is 10.0 Å². The van der Waals surface area contributed by atoms with E-state index in [-0.39, 0.29) is 29.5 Å². The maximum atomic E-state index is 12.7. The molecule has 0 radical (unpaired) electrons. The fourth-order valence-corrected chi connectivity index (χ4v) is 4.15. The minimum absolute atomic E-state index is 0.0647. The minimum atomic E-state index is -3.64. The van der Waals surface area contributed by atoms with Crippen molar-refractivity contribution >= 4 is 22.0 Å². The molecule has 8 nitrogen and oxygen atoms in total. The van der Waals surface area contributed by atoms with Crippen molar-refractivity contribution in [2.45, 2.75) is 64.0 Å². The van der Waals surface area contributed by atoms with Crippen LogP contribution in [0.15, 0.2) is 23.1 Å². The summed E-state index contributed by atoms with van der Waals surface area (Å²) in [7, 11) is -3.64. The third-order valence-corrected chi connectivity index (χ3v) is 6.12. The van der Waals surface area contributed by atoms with Crippen molar-refractivity contribution in [3.05, 3.63) is 29.3 Å². The van der Waals surface area contributed by atoms with Crippen molar-refractivity contribution in [1.82, 2.24) is 14.9 Å². The number of nitrogens with zero attached hydrogens (tertiary/aromatic N) is 1. The van der Waals surface area contributed by atoms with Gasteiger partial charge in [0.25, 0.3) is 5.91 Å². The van der Waals surface area contributed by atoms with Crippen molar-refractivity contribution < 1.29 is 22.7 Å². The largest absolute Gasteiger partial charge is 0.444 e. The first-order valence-corrected chi connectivity index (χ1v) is 11.3. The monoisotopic (exact) mass is 425 g/mol. The Balaban J connectivity index is 2.01. The molecule has 2 N–H and O–H groups in total. The molecule has 1 aromatic carbocycles. The van der Waals surface area contributed by atoms with Gasteiger partial charge in [0.05, 0.1) is 4.90 Å². The normalized spacial score (nSPS) is 15.8. The molecule has 9 heteroatoms. The number of benzene rings is 1. The lowest BCUT2D eigenvalue weighted by molar-refractivity contribution is 0.0199. The van der Waals surface area contributed by atoms with Gasteiger partial charge in [0.1, 0.15) is 5.60 Å². The number of carbonyl (C=O) groups excluding carboxylic acids is 2. The first kappa shape index (κ1) is 23.2. The molecule has 0 aliphatic carbocycles. The standard InChI is InChI=1S/C20H31N3O5S/c1-6-21-29(26,27)16-8-7-14(2)17(13-16)18(24)22-15-9-11-23(12-10-15)19(25)28-20(3,4)5/h7-8,13,15,21H,6,9-12H2,1-5H3,(H,22,24). The molecular weight excluding hydrogens is 394 g/mol. The van der Waals surface area contributed by atoms with E-state index in [2.05, 4.69) is 10.0 Å². The number of likely N-dealkylation sites (tertiary alicyclic amines) is 1. The highest BCUT2D eigenvalue weighted by Gasteiger charge is 2.28. The molecule has 2 rings (SSSR count). The van der Waals surface area contributed by atoms with E-state index in [0.717, 1.165) is 0 Å². The third-order valence-electron chi connectivity index (χ3n) is 4.58. The summed E-state index contributed by atoms with van der Waals surface area (Å²) in [5, 5.41) is 2.96. The van der Waals surface area contributed by atoms with Crippen LogP contribution in [-0.2, 0) is 14.8 Å². The van der Waals surface area contributed by atoms with E-state index >= 15 is 0 Å². The molecule has 0 atom stereocenters. The number of sulfonamides is 1. The zero-order valence-electron chi connectivity index (χ0n) is 17.7. The van der Waals surface area contributed by atoms with Gasteiger partial charge in [0, 0.05) is 31.2 Å². The van der Waals surface area contributed by atoms with Crippen LogP contribution in [0.1, 0.15) is 56.5 Å². The third kappa shape index (κ3) is 6.43. The topological polar surface area (TPSA) is 105 Å². The van der Waals surface area contributed by atoms with Gasteiger partial charge in [-0.25, -0.2) is 17.9 Å². The van der Waals surface area contributed by atoms with Crippen molar-refractivity contribution in [2.75, 3.05) is 19.6 Å². The highest BCUT2D eigenvalue weighted by molar-refractivity contribution is 7.89. The quantitative estimate of drug-likeness (QED) is 0.754. The molecular formula is C20H31N3O5S. The summed E-state index contributed by atoms with van der Waals surface area (Å²) in [4.78, 5) is 26.6. The summed E-state index contributed by atoms with van der Waals surface area (Å²) < 4.78 is 32.2. The Morgan fingerprint density at radius 3 is 2.38 bits per heavy atom. The van der Waals surface area contributed by atoms with Gasteiger partial charge in [-0.05, 0) is 58.2 Å². The molecule has 0 aromatic heterocycles.